The predicted octanol–water partition coefficient (Wildman–Crippen LogP) is 3.66. The van der Waals surface area contributed by atoms with Crippen LogP contribution in [0.2, 0.25) is 5.02 Å². The summed E-state index contributed by atoms with van der Waals surface area (Å²) in [5.41, 5.74) is 3.07. The molecule has 0 N–H and O–H groups in total. The maximum absolute atomic E-state index is 10.7. The highest BCUT2D eigenvalue weighted by molar-refractivity contribution is 6.33. The molecule has 4 heteroatoms. The normalized spacial score (nSPS) is 9.85. The first-order chi connectivity index (χ1) is 9.63. The number of carbonyl (C=O) groups excluding carboxylic acids is 1. The van der Waals surface area contributed by atoms with Crippen LogP contribution in [0.5, 0.6) is 0 Å². The monoisotopic (exact) mass is 284 g/mol. The van der Waals surface area contributed by atoms with Gasteiger partial charge < -0.3 is 4.90 Å². The molecule has 0 atom stereocenters. The van der Waals surface area contributed by atoms with Gasteiger partial charge in [-0.2, -0.15) is 5.26 Å². The van der Waals surface area contributed by atoms with E-state index < -0.39 is 0 Å². The van der Waals surface area contributed by atoms with E-state index in [-0.39, 0.29) is 0 Å². The molecular weight excluding hydrogens is 272 g/mol. The lowest BCUT2D eigenvalue weighted by molar-refractivity contribution is 0.112. The second-order valence-electron chi connectivity index (χ2n) is 4.50. The third kappa shape index (κ3) is 3.17. The summed E-state index contributed by atoms with van der Waals surface area (Å²) in [5, 5.41) is 9.43. The summed E-state index contributed by atoms with van der Waals surface area (Å²) in [7, 11) is 1.92. The first-order valence-electron chi connectivity index (χ1n) is 6.09. The van der Waals surface area contributed by atoms with E-state index >= 15 is 0 Å². The number of nitrogens with zero attached hydrogens (tertiary/aromatic N) is 2. The van der Waals surface area contributed by atoms with Gasteiger partial charge >= 0.3 is 0 Å². The van der Waals surface area contributed by atoms with E-state index in [1.807, 2.05) is 36.2 Å². The summed E-state index contributed by atoms with van der Waals surface area (Å²) in [4.78, 5) is 12.7. The van der Waals surface area contributed by atoms with Crippen LogP contribution in [-0.2, 0) is 6.54 Å². The Bertz CT molecular complexity index is 676. The average Bonchev–Trinajstić information content (AvgIpc) is 2.47. The van der Waals surface area contributed by atoms with E-state index in [2.05, 4.69) is 6.07 Å². The molecular formula is C16H13ClN2O. The van der Waals surface area contributed by atoms with Crippen molar-refractivity contribution in [3.63, 3.8) is 0 Å². The van der Waals surface area contributed by atoms with Gasteiger partial charge in [0, 0.05) is 19.2 Å². The van der Waals surface area contributed by atoms with E-state index in [4.69, 9.17) is 16.9 Å². The molecule has 2 aromatic rings. The van der Waals surface area contributed by atoms with Gasteiger partial charge in [-0.05, 0) is 35.9 Å². The average molecular weight is 285 g/mol. The minimum absolute atomic E-state index is 0.536. The summed E-state index contributed by atoms with van der Waals surface area (Å²) < 4.78 is 0. The highest BCUT2D eigenvalue weighted by Gasteiger charge is 2.08. The maximum Gasteiger partial charge on any atom is 0.150 e. The van der Waals surface area contributed by atoms with Gasteiger partial charge in [-0.3, -0.25) is 4.79 Å². The quantitative estimate of drug-likeness (QED) is 0.805. The Morgan fingerprint density at radius 3 is 2.75 bits per heavy atom. The molecule has 0 aliphatic heterocycles. The number of halogens is 1. The molecule has 100 valence electrons. The summed E-state index contributed by atoms with van der Waals surface area (Å²) in [5.74, 6) is 0. The molecule has 0 radical (unpaired) electrons. The van der Waals surface area contributed by atoms with Crippen molar-refractivity contribution in [1.29, 1.82) is 5.26 Å². The summed E-state index contributed by atoms with van der Waals surface area (Å²) in [6.07, 6.45) is 0.770. The van der Waals surface area contributed by atoms with Crippen molar-refractivity contribution in [2.45, 2.75) is 6.54 Å². The molecule has 0 unspecified atom stereocenters. The maximum atomic E-state index is 10.7. The van der Waals surface area contributed by atoms with E-state index in [1.165, 1.54) is 0 Å². The molecule has 3 nitrogen and oxygen atoms in total. The number of rotatable bonds is 4. The molecule has 2 rings (SSSR count). The van der Waals surface area contributed by atoms with Gasteiger partial charge in [0.05, 0.1) is 22.3 Å². The Morgan fingerprint density at radius 1 is 1.30 bits per heavy atom. The van der Waals surface area contributed by atoms with Gasteiger partial charge in [-0.15, -0.1) is 0 Å². The Kier molecular flexibility index (Phi) is 4.39. The van der Waals surface area contributed by atoms with Gasteiger partial charge in [0.15, 0.2) is 0 Å². The van der Waals surface area contributed by atoms with Gasteiger partial charge in [-0.1, -0.05) is 23.7 Å². The van der Waals surface area contributed by atoms with Crippen LogP contribution in [0.4, 0.5) is 5.69 Å². The lowest BCUT2D eigenvalue weighted by atomic mass is 10.1. The van der Waals surface area contributed by atoms with Crippen LogP contribution in [0.25, 0.3) is 0 Å². The molecule has 0 fully saturated rings. The molecule has 0 heterocycles. The number of anilines is 1. The van der Waals surface area contributed by atoms with Crippen LogP contribution in [-0.4, -0.2) is 13.3 Å². The molecule has 0 saturated carbocycles. The first-order valence-corrected chi connectivity index (χ1v) is 6.46. The summed E-state index contributed by atoms with van der Waals surface area (Å²) in [6.45, 7) is 0.635. The van der Waals surface area contributed by atoms with Crippen molar-refractivity contribution in [1.82, 2.24) is 0 Å². The Balaban J connectivity index is 2.21. The number of hydrogen-bond donors (Lipinski definition) is 0. The van der Waals surface area contributed by atoms with Crippen molar-refractivity contribution in [3.8, 4) is 6.07 Å². The van der Waals surface area contributed by atoms with Gasteiger partial charge in [0.25, 0.3) is 0 Å². The van der Waals surface area contributed by atoms with E-state index in [0.29, 0.717) is 22.7 Å². The van der Waals surface area contributed by atoms with E-state index in [1.54, 1.807) is 18.2 Å². The molecule has 0 amide bonds. The number of aldehydes is 1. The fourth-order valence-corrected chi connectivity index (χ4v) is 2.34. The number of benzene rings is 2. The second-order valence-corrected chi connectivity index (χ2v) is 4.90. The van der Waals surface area contributed by atoms with Crippen LogP contribution < -0.4 is 4.90 Å². The fraction of sp³-hybridized carbons (Fsp3) is 0.125. The smallest absolute Gasteiger partial charge is 0.150 e. The topological polar surface area (TPSA) is 44.1 Å². The minimum Gasteiger partial charge on any atom is -0.369 e. The van der Waals surface area contributed by atoms with Crippen LogP contribution in [0.1, 0.15) is 21.5 Å². The summed E-state index contributed by atoms with van der Waals surface area (Å²) in [6, 6.07) is 14.8. The van der Waals surface area contributed by atoms with Crippen molar-refractivity contribution in [3.05, 3.63) is 64.2 Å². The predicted molar refractivity (Wildman–Crippen MR) is 80.1 cm³/mol. The highest BCUT2D eigenvalue weighted by Crippen LogP contribution is 2.26. The number of hydrogen-bond acceptors (Lipinski definition) is 3. The zero-order valence-electron chi connectivity index (χ0n) is 11.0. The lowest BCUT2D eigenvalue weighted by Crippen LogP contribution is -2.16. The van der Waals surface area contributed by atoms with Crippen molar-refractivity contribution in [2.75, 3.05) is 11.9 Å². The third-order valence-corrected chi connectivity index (χ3v) is 3.30. The second kappa shape index (κ2) is 6.23. The first kappa shape index (κ1) is 14.1. The molecule has 0 aromatic heterocycles. The molecule has 2 aromatic carbocycles. The highest BCUT2D eigenvalue weighted by atomic mass is 35.5. The minimum atomic E-state index is 0.536. The molecule has 0 aliphatic rings. The Morgan fingerprint density at radius 2 is 2.10 bits per heavy atom. The zero-order valence-corrected chi connectivity index (χ0v) is 11.8. The molecule has 0 saturated heterocycles. The Labute approximate surface area is 123 Å². The summed E-state index contributed by atoms with van der Waals surface area (Å²) >= 11 is 6.17. The SMILES string of the molecule is CN(Cc1cccc(C#N)c1)c1ccc(C=O)cc1Cl. The van der Waals surface area contributed by atoms with Gasteiger partial charge in [0.1, 0.15) is 6.29 Å². The van der Waals surface area contributed by atoms with Crippen molar-refractivity contribution < 1.29 is 4.79 Å². The lowest BCUT2D eigenvalue weighted by Gasteiger charge is -2.21. The molecule has 0 spiro atoms. The largest absolute Gasteiger partial charge is 0.369 e. The standard InChI is InChI=1S/C16H13ClN2O/c1-19(10-13-4-2-3-12(7-13)9-18)16-6-5-14(11-20)8-15(16)17/h2-8,11H,10H2,1H3. The van der Waals surface area contributed by atoms with Crippen molar-refractivity contribution in [2.24, 2.45) is 0 Å². The van der Waals surface area contributed by atoms with Crippen LogP contribution in [0.15, 0.2) is 42.5 Å². The number of carbonyl (C=O) groups is 1. The molecule has 20 heavy (non-hydrogen) atoms. The van der Waals surface area contributed by atoms with Crippen molar-refractivity contribution >= 4 is 23.6 Å². The van der Waals surface area contributed by atoms with E-state index in [0.717, 1.165) is 17.5 Å². The zero-order chi connectivity index (χ0) is 14.5. The van der Waals surface area contributed by atoms with Crippen LogP contribution in [0.3, 0.4) is 0 Å². The molecule has 0 aliphatic carbocycles. The van der Waals surface area contributed by atoms with Crippen LogP contribution >= 0.6 is 11.6 Å². The van der Waals surface area contributed by atoms with Gasteiger partial charge in [0.2, 0.25) is 0 Å². The molecule has 0 bridgehead atoms. The van der Waals surface area contributed by atoms with Gasteiger partial charge in [-0.25, -0.2) is 0 Å². The van der Waals surface area contributed by atoms with Crippen LogP contribution in [0, 0.1) is 11.3 Å². The Hall–Kier alpha value is -2.31. The fourth-order valence-electron chi connectivity index (χ4n) is 2.00. The third-order valence-electron chi connectivity index (χ3n) is 2.99. The van der Waals surface area contributed by atoms with E-state index in [9.17, 15) is 4.79 Å². The number of nitriles is 1.